The number of nitrogens with zero attached hydrogens (tertiary/aromatic N) is 2. The molecular formula is C18H14FN3OS. The average molecular weight is 339 g/mol. The van der Waals surface area contributed by atoms with Crippen LogP contribution in [0.2, 0.25) is 0 Å². The van der Waals surface area contributed by atoms with Crippen LogP contribution >= 0.6 is 11.8 Å². The Balaban J connectivity index is 1.68. The Morgan fingerprint density at radius 3 is 2.46 bits per heavy atom. The predicted molar refractivity (Wildman–Crippen MR) is 94.0 cm³/mol. The van der Waals surface area contributed by atoms with E-state index in [0.29, 0.717) is 10.9 Å². The van der Waals surface area contributed by atoms with Gasteiger partial charge in [-0.2, -0.15) is 0 Å². The number of hydrogen-bond donors (Lipinski definition) is 1. The summed E-state index contributed by atoms with van der Waals surface area (Å²) >= 11 is 1.42. The summed E-state index contributed by atoms with van der Waals surface area (Å²) in [5.74, 6) is 0.403. The van der Waals surface area contributed by atoms with E-state index in [-0.39, 0.29) is 17.1 Å². The second kappa shape index (κ2) is 7.70. The molecule has 0 radical (unpaired) electrons. The van der Waals surface area contributed by atoms with Crippen molar-refractivity contribution in [3.8, 4) is 0 Å². The van der Waals surface area contributed by atoms with E-state index < -0.39 is 0 Å². The van der Waals surface area contributed by atoms with E-state index in [1.165, 1.54) is 23.9 Å². The molecule has 3 rings (SSSR count). The Kier molecular flexibility index (Phi) is 5.18. The van der Waals surface area contributed by atoms with Gasteiger partial charge < -0.3 is 0 Å². The standard InChI is InChI=1S/C18H14FN3OS/c19-15-9-6-13(7-10-15)8-11-16-17(23)20-18(22-21-16)24-12-14-4-2-1-3-5-14/h1-11H,12H2,(H,20,22,23)/b11-8+. The van der Waals surface area contributed by atoms with E-state index in [2.05, 4.69) is 15.2 Å². The van der Waals surface area contributed by atoms with Crippen molar-refractivity contribution in [1.82, 2.24) is 15.2 Å². The van der Waals surface area contributed by atoms with Crippen molar-refractivity contribution >= 4 is 23.9 Å². The fraction of sp³-hybridized carbons (Fsp3) is 0.0556. The number of rotatable bonds is 5. The third-order valence-electron chi connectivity index (χ3n) is 3.22. The lowest BCUT2D eigenvalue weighted by Gasteiger charge is -2.00. The van der Waals surface area contributed by atoms with Gasteiger partial charge in [0.2, 0.25) is 0 Å². The van der Waals surface area contributed by atoms with Crippen molar-refractivity contribution in [2.75, 3.05) is 0 Å². The van der Waals surface area contributed by atoms with Gasteiger partial charge in [0.05, 0.1) is 0 Å². The first-order valence-corrected chi connectivity index (χ1v) is 8.27. The minimum atomic E-state index is -0.307. The molecule has 1 aromatic heterocycles. The molecule has 1 heterocycles. The van der Waals surface area contributed by atoms with Crippen molar-refractivity contribution in [2.24, 2.45) is 0 Å². The second-order valence-electron chi connectivity index (χ2n) is 5.00. The number of aromatic amines is 1. The monoisotopic (exact) mass is 339 g/mol. The van der Waals surface area contributed by atoms with Gasteiger partial charge in [-0.25, -0.2) is 4.39 Å². The molecule has 4 nitrogen and oxygen atoms in total. The smallest absolute Gasteiger partial charge is 0.277 e. The molecule has 0 unspecified atom stereocenters. The van der Waals surface area contributed by atoms with E-state index in [0.717, 1.165) is 11.1 Å². The van der Waals surface area contributed by atoms with Crippen molar-refractivity contribution in [3.63, 3.8) is 0 Å². The highest BCUT2D eigenvalue weighted by atomic mass is 32.2. The van der Waals surface area contributed by atoms with Crippen LogP contribution in [0.3, 0.4) is 0 Å². The lowest BCUT2D eigenvalue weighted by atomic mass is 10.2. The van der Waals surface area contributed by atoms with Gasteiger partial charge in [0, 0.05) is 5.75 Å². The van der Waals surface area contributed by atoms with E-state index in [9.17, 15) is 9.18 Å². The van der Waals surface area contributed by atoms with E-state index in [1.807, 2.05) is 30.3 Å². The number of benzene rings is 2. The summed E-state index contributed by atoms with van der Waals surface area (Å²) < 4.78 is 12.8. The van der Waals surface area contributed by atoms with Crippen LogP contribution in [0.5, 0.6) is 0 Å². The van der Waals surface area contributed by atoms with E-state index in [1.54, 1.807) is 24.3 Å². The molecule has 6 heteroatoms. The molecular weight excluding hydrogens is 325 g/mol. The Hall–Kier alpha value is -2.73. The van der Waals surface area contributed by atoms with Crippen LogP contribution in [-0.2, 0) is 5.75 Å². The van der Waals surface area contributed by atoms with Crippen LogP contribution in [0.1, 0.15) is 16.8 Å². The van der Waals surface area contributed by atoms with Crippen molar-refractivity contribution in [3.05, 3.63) is 87.6 Å². The molecule has 0 aliphatic carbocycles. The van der Waals surface area contributed by atoms with E-state index >= 15 is 0 Å². The molecule has 0 bridgehead atoms. The zero-order valence-corrected chi connectivity index (χ0v) is 13.5. The van der Waals surface area contributed by atoms with Gasteiger partial charge in [0.15, 0.2) is 10.9 Å². The molecule has 0 saturated carbocycles. The second-order valence-corrected chi connectivity index (χ2v) is 5.97. The minimum absolute atomic E-state index is 0.211. The fourth-order valence-corrected chi connectivity index (χ4v) is 2.74. The number of halogens is 1. The van der Waals surface area contributed by atoms with Crippen LogP contribution in [0, 0.1) is 5.82 Å². The molecule has 0 amide bonds. The predicted octanol–water partition coefficient (Wildman–Crippen LogP) is 3.77. The minimum Gasteiger partial charge on any atom is -0.298 e. The normalized spacial score (nSPS) is 11.0. The first-order valence-electron chi connectivity index (χ1n) is 7.28. The maximum absolute atomic E-state index is 12.8. The topological polar surface area (TPSA) is 58.6 Å². The maximum Gasteiger partial charge on any atom is 0.277 e. The first kappa shape index (κ1) is 16.1. The average Bonchev–Trinajstić information content (AvgIpc) is 2.61. The highest BCUT2D eigenvalue weighted by molar-refractivity contribution is 7.98. The van der Waals surface area contributed by atoms with E-state index in [4.69, 9.17) is 0 Å². The Morgan fingerprint density at radius 2 is 1.75 bits per heavy atom. The summed E-state index contributed by atoms with van der Waals surface area (Å²) in [7, 11) is 0. The Bertz CT molecular complexity index is 892. The molecule has 120 valence electrons. The summed E-state index contributed by atoms with van der Waals surface area (Å²) in [6, 6.07) is 15.9. The Morgan fingerprint density at radius 1 is 1.00 bits per heavy atom. The highest BCUT2D eigenvalue weighted by Crippen LogP contribution is 2.17. The van der Waals surface area contributed by atoms with Crippen LogP contribution in [0.4, 0.5) is 4.39 Å². The fourth-order valence-electron chi connectivity index (χ4n) is 1.98. The highest BCUT2D eigenvalue weighted by Gasteiger charge is 2.03. The van der Waals surface area contributed by atoms with Gasteiger partial charge in [-0.3, -0.25) is 9.78 Å². The van der Waals surface area contributed by atoms with Crippen LogP contribution in [-0.4, -0.2) is 15.2 Å². The summed E-state index contributed by atoms with van der Waals surface area (Å²) in [5.41, 5.74) is 1.83. The molecule has 0 spiro atoms. The quantitative estimate of drug-likeness (QED) is 0.719. The molecule has 24 heavy (non-hydrogen) atoms. The van der Waals surface area contributed by atoms with Gasteiger partial charge in [-0.15, -0.1) is 10.2 Å². The molecule has 0 fully saturated rings. The molecule has 3 aromatic rings. The molecule has 0 atom stereocenters. The van der Waals surface area contributed by atoms with Crippen molar-refractivity contribution in [1.29, 1.82) is 0 Å². The third-order valence-corrected chi connectivity index (χ3v) is 4.16. The first-order chi connectivity index (χ1) is 11.7. The van der Waals surface area contributed by atoms with Crippen LogP contribution in [0.25, 0.3) is 12.2 Å². The maximum atomic E-state index is 12.8. The van der Waals surface area contributed by atoms with Crippen LogP contribution < -0.4 is 5.56 Å². The number of aromatic nitrogens is 3. The van der Waals surface area contributed by atoms with Crippen molar-refractivity contribution in [2.45, 2.75) is 10.9 Å². The number of hydrogen-bond acceptors (Lipinski definition) is 4. The summed E-state index contributed by atoms with van der Waals surface area (Å²) in [4.78, 5) is 14.8. The molecule has 0 aliphatic rings. The summed E-state index contributed by atoms with van der Waals surface area (Å²) in [5, 5.41) is 8.45. The number of H-pyrrole nitrogens is 1. The SMILES string of the molecule is O=c1[nH]c(SCc2ccccc2)nnc1/C=C/c1ccc(F)cc1. The van der Waals surface area contributed by atoms with Crippen molar-refractivity contribution < 1.29 is 4.39 Å². The zero-order chi connectivity index (χ0) is 16.8. The van der Waals surface area contributed by atoms with Gasteiger partial charge in [0.1, 0.15) is 5.82 Å². The number of nitrogens with one attached hydrogen (secondary N) is 1. The molecule has 0 aliphatic heterocycles. The van der Waals surface area contributed by atoms with Crippen LogP contribution in [0.15, 0.2) is 64.5 Å². The number of thioether (sulfide) groups is 1. The molecule has 0 saturated heterocycles. The summed E-state index contributed by atoms with van der Waals surface area (Å²) in [6.07, 6.45) is 3.25. The van der Waals surface area contributed by atoms with Gasteiger partial charge >= 0.3 is 0 Å². The van der Waals surface area contributed by atoms with Gasteiger partial charge in [-0.1, -0.05) is 60.3 Å². The Labute approximate surface area is 142 Å². The molecule has 2 aromatic carbocycles. The summed E-state index contributed by atoms with van der Waals surface area (Å²) in [6.45, 7) is 0. The van der Waals surface area contributed by atoms with Gasteiger partial charge in [-0.05, 0) is 29.3 Å². The molecule has 1 N–H and O–H groups in total. The van der Waals surface area contributed by atoms with Gasteiger partial charge in [0.25, 0.3) is 5.56 Å². The lowest BCUT2D eigenvalue weighted by Crippen LogP contribution is -2.14. The largest absolute Gasteiger partial charge is 0.298 e. The zero-order valence-electron chi connectivity index (χ0n) is 12.6. The third kappa shape index (κ3) is 4.39. The lowest BCUT2D eigenvalue weighted by molar-refractivity contribution is 0.628.